The quantitative estimate of drug-likeness (QED) is 0.339. The van der Waals surface area contributed by atoms with Gasteiger partial charge in [0.2, 0.25) is 0 Å². The van der Waals surface area contributed by atoms with E-state index in [1.165, 1.54) is 29.5 Å². The van der Waals surface area contributed by atoms with Crippen LogP contribution >= 0.6 is 0 Å². The Morgan fingerprint density at radius 1 is 1.06 bits per heavy atom. The van der Waals surface area contributed by atoms with Crippen molar-refractivity contribution in [3.05, 3.63) is 83.7 Å². The van der Waals surface area contributed by atoms with Crippen LogP contribution in [0.15, 0.2) is 67.0 Å². The summed E-state index contributed by atoms with van der Waals surface area (Å²) in [5.74, 6) is 5.53. The molecular weight excluding hydrogens is 433 g/mol. The van der Waals surface area contributed by atoms with E-state index in [2.05, 4.69) is 5.32 Å². The van der Waals surface area contributed by atoms with Crippen molar-refractivity contribution in [2.24, 2.45) is 11.6 Å². The first kappa shape index (κ1) is 28.4. The SMILES string of the molecule is CC.N/C=C\N(N)CC(O)c1ccccc1.OC1(c2ccc(C(F)(F)F)cc2)CCNCC1. The lowest BCUT2D eigenvalue weighted by Gasteiger charge is -2.33. The maximum Gasteiger partial charge on any atom is 0.416 e. The first-order chi connectivity index (χ1) is 15.7. The Labute approximate surface area is 193 Å². The summed E-state index contributed by atoms with van der Waals surface area (Å²) in [5.41, 5.74) is 4.89. The third-order valence-electron chi connectivity index (χ3n) is 5.03. The van der Waals surface area contributed by atoms with Crippen LogP contribution in [0, 0.1) is 0 Å². The Bertz CT molecular complexity index is 809. The average molecular weight is 469 g/mol. The van der Waals surface area contributed by atoms with E-state index in [0.29, 0.717) is 38.0 Å². The zero-order valence-electron chi connectivity index (χ0n) is 19.1. The summed E-state index contributed by atoms with van der Waals surface area (Å²) in [7, 11) is 0. The second-order valence-electron chi connectivity index (χ2n) is 7.32. The molecule has 184 valence electrons. The average Bonchev–Trinajstić information content (AvgIpc) is 2.81. The Hall–Kier alpha value is -2.59. The normalized spacial score (nSPS) is 16.1. The number of hydrazine groups is 1. The zero-order chi connectivity index (χ0) is 24.9. The van der Waals surface area contributed by atoms with Crippen molar-refractivity contribution in [3.63, 3.8) is 0 Å². The maximum absolute atomic E-state index is 12.4. The number of benzene rings is 2. The largest absolute Gasteiger partial charge is 0.416 e. The lowest BCUT2D eigenvalue weighted by molar-refractivity contribution is -0.137. The molecule has 0 amide bonds. The topological polar surface area (TPSA) is 108 Å². The number of alkyl halides is 3. The number of halogens is 3. The highest BCUT2D eigenvalue weighted by Crippen LogP contribution is 2.34. The fourth-order valence-corrected chi connectivity index (χ4v) is 3.25. The maximum atomic E-state index is 12.4. The number of piperidine rings is 1. The zero-order valence-corrected chi connectivity index (χ0v) is 19.1. The monoisotopic (exact) mass is 468 g/mol. The predicted octanol–water partition coefficient (Wildman–Crippen LogP) is 3.63. The molecule has 1 aliphatic heterocycles. The van der Waals surface area contributed by atoms with Crippen LogP contribution < -0.4 is 16.9 Å². The molecule has 0 saturated carbocycles. The van der Waals surface area contributed by atoms with Crippen molar-refractivity contribution in [1.29, 1.82) is 0 Å². The molecule has 3 rings (SSSR count). The van der Waals surface area contributed by atoms with E-state index in [9.17, 15) is 23.4 Å². The number of nitrogens with zero attached hydrogens (tertiary/aromatic N) is 1. The lowest BCUT2D eigenvalue weighted by atomic mass is 9.85. The van der Waals surface area contributed by atoms with E-state index < -0.39 is 23.4 Å². The van der Waals surface area contributed by atoms with Gasteiger partial charge in [-0.2, -0.15) is 13.2 Å². The summed E-state index contributed by atoms with van der Waals surface area (Å²) in [6, 6.07) is 14.1. The molecule has 0 spiro atoms. The van der Waals surface area contributed by atoms with Gasteiger partial charge in [0.1, 0.15) is 0 Å². The highest BCUT2D eigenvalue weighted by atomic mass is 19.4. The number of nitrogens with one attached hydrogen (secondary N) is 1. The Kier molecular flexibility index (Phi) is 11.9. The lowest BCUT2D eigenvalue weighted by Crippen LogP contribution is -2.39. The van der Waals surface area contributed by atoms with Gasteiger partial charge in [-0.05, 0) is 49.2 Å². The number of aliphatic hydroxyl groups is 2. The molecule has 9 heteroatoms. The number of rotatable bonds is 5. The molecule has 6 nitrogen and oxygen atoms in total. The van der Waals surface area contributed by atoms with E-state index in [1.54, 1.807) is 0 Å². The van der Waals surface area contributed by atoms with Crippen LogP contribution in [0.1, 0.15) is 49.5 Å². The van der Waals surface area contributed by atoms with Crippen molar-refractivity contribution in [2.75, 3.05) is 19.6 Å². The second-order valence-corrected chi connectivity index (χ2v) is 7.32. The third-order valence-corrected chi connectivity index (χ3v) is 5.03. The van der Waals surface area contributed by atoms with Gasteiger partial charge in [0.05, 0.1) is 23.8 Å². The fourth-order valence-electron chi connectivity index (χ4n) is 3.25. The molecular formula is C24H35F3N4O2. The summed E-state index contributed by atoms with van der Waals surface area (Å²) < 4.78 is 37.2. The minimum Gasteiger partial charge on any atom is -0.403 e. The standard InChI is InChI=1S/C12H14F3NO.C10H15N3O.C2H6/c13-12(14,15)10-3-1-9(2-4-10)11(17)5-7-16-8-6-11;11-6-7-13(12)8-10(14)9-4-2-1-3-5-9;1-2/h1-4,16-17H,5-8H2;1-7,10,14H,8,11-12H2;1-2H3/b;7-6-;. The molecule has 0 aromatic heterocycles. The molecule has 1 heterocycles. The number of nitrogens with two attached hydrogens (primary N) is 2. The van der Waals surface area contributed by atoms with Gasteiger partial charge in [-0.1, -0.05) is 56.3 Å². The van der Waals surface area contributed by atoms with Crippen molar-refractivity contribution < 1.29 is 23.4 Å². The summed E-state index contributed by atoms with van der Waals surface area (Å²) in [4.78, 5) is 0. The van der Waals surface area contributed by atoms with Crippen molar-refractivity contribution in [3.8, 4) is 0 Å². The first-order valence-corrected chi connectivity index (χ1v) is 10.9. The molecule has 2 aromatic carbocycles. The molecule has 1 aliphatic rings. The second kappa shape index (κ2) is 13.8. The highest BCUT2D eigenvalue weighted by Gasteiger charge is 2.33. The molecule has 7 N–H and O–H groups in total. The molecule has 0 aliphatic carbocycles. The van der Waals surface area contributed by atoms with Crippen LogP contribution in [0.2, 0.25) is 0 Å². The molecule has 0 radical (unpaired) electrons. The van der Waals surface area contributed by atoms with Gasteiger partial charge >= 0.3 is 6.18 Å². The molecule has 33 heavy (non-hydrogen) atoms. The van der Waals surface area contributed by atoms with Crippen LogP contribution in [0.4, 0.5) is 13.2 Å². The van der Waals surface area contributed by atoms with E-state index in [1.807, 2.05) is 44.2 Å². The van der Waals surface area contributed by atoms with E-state index in [4.69, 9.17) is 11.6 Å². The van der Waals surface area contributed by atoms with Crippen LogP contribution in [0.25, 0.3) is 0 Å². The van der Waals surface area contributed by atoms with E-state index in [-0.39, 0.29) is 0 Å². The molecule has 1 atom stereocenters. The van der Waals surface area contributed by atoms with Gasteiger partial charge in [-0.15, -0.1) is 0 Å². The van der Waals surface area contributed by atoms with Crippen molar-refractivity contribution in [1.82, 2.24) is 10.3 Å². The number of hydrogen-bond acceptors (Lipinski definition) is 6. The van der Waals surface area contributed by atoms with Gasteiger partial charge < -0.3 is 26.3 Å². The van der Waals surface area contributed by atoms with Gasteiger partial charge in [-0.3, -0.25) is 0 Å². The Morgan fingerprint density at radius 3 is 2.09 bits per heavy atom. The summed E-state index contributed by atoms with van der Waals surface area (Å²) in [6.07, 6.45) is -1.03. The van der Waals surface area contributed by atoms with Crippen LogP contribution in [-0.4, -0.2) is 34.9 Å². The van der Waals surface area contributed by atoms with Gasteiger partial charge in [0.15, 0.2) is 0 Å². The van der Waals surface area contributed by atoms with Gasteiger partial charge in [0.25, 0.3) is 0 Å². The van der Waals surface area contributed by atoms with Gasteiger partial charge in [-0.25, -0.2) is 5.84 Å². The number of aliphatic hydroxyl groups excluding tert-OH is 1. The highest BCUT2D eigenvalue weighted by molar-refractivity contribution is 5.29. The van der Waals surface area contributed by atoms with E-state index >= 15 is 0 Å². The Balaban J connectivity index is 0.000000313. The Morgan fingerprint density at radius 2 is 1.61 bits per heavy atom. The van der Waals surface area contributed by atoms with E-state index in [0.717, 1.165) is 17.7 Å². The third kappa shape index (κ3) is 9.43. The smallest absolute Gasteiger partial charge is 0.403 e. The first-order valence-electron chi connectivity index (χ1n) is 10.9. The summed E-state index contributed by atoms with van der Waals surface area (Å²) in [6.45, 7) is 5.67. The minimum atomic E-state index is -4.32. The van der Waals surface area contributed by atoms with Crippen LogP contribution in [-0.2, 0) is 11.8 Å². The molecule has 0 bridgehead atoms. The minimum absolute atomic E-state index is 0.317. The molecule has 1 unspecified atom stereocenters. The van der Waals surface area contributed by atoms with Crippen molar-refractivity contribution in [2.45, 2.75) is 44.6 Å². The van der Waals surface area contributed by atoms with Crippen LogP contribution in [0.3, 0.4) is 0 Å². The fraction of sp³-hybridized carbons (Fsp3) is 0.417. The van der Waals surface area contributed by atoms with Gasteiger partial charge in [0, 0.05) is 12.4 Å². The van der Waals surface area contributed by atoms with Crippen LogP contribution in [0.5, 0.6) is 0 Å². The van der Waals surface area contributed by atoms with Crippen molar-refractivity contribution >= 4 is 0 Å². The summed E-state index contributed by atoms with van der Waals surface area (Å²) in [5, 5.41) is 24.5. The molecule has 1 saturated heterocycles. The molecule has 2 aromatic rings. The summed E-state index contributed by atoms with van der Waals surface area (Å²) >= 11 is 0. The molecule has 1 fully saturated rings. The number of hydrogen-bond donors (Lipinski definition) is 5. The predicted molar refractivity (Wildman–Crippen MR) is 124 cm³/mol.